The average molecular weight is 208 g/mol. The summed E-state index contributed by atoms with van der Waals surface area (Å²) < 4.78 is 0. The lowest BCUT2D eigenvalue weighted by molar-refractivity contribution is 0.603. The third-order valence-electron chi connectivity index (χ3n) is 1.89. The molecule has 0 unspecified atom stereocenters. The Labute approximate surface area is 89.2 Å². The Morgan fingerprint density at radius 2 is 2.13 bits per heavy atom. The first-order valence-electron chi connectivity index (χ1n) is 4.47. The van der Waals surface area contributed by atoms with Crippen molar-refractivity contribution in [3.05, 3.63) is 18.3 Å². The second kappa shape index (κ2) is 4.61. The minimum absolute atomic E-state index is 0.378. The van der Waals surface area contributed by atoms with Crippen LogP contribution in [0.1, 0.15) is 0 Å². The zero-order chi connectivity index (χ0) is 11.4. The Morgan fingerprint density at radius 1 is 1.47 bits per heavy atom. The van der Waals surface area contributed by atoms with E-state index in [1.165, 1.54) is 5.01 Å². The summed E-state index contributed by atoms with van der Waals surface area (Å²) in [6.07, 6.45) is 1.62. The van der Waals surface area contributed by atoms with Crippen LogP contribution in [0.15, 0.2) is 23.3 Å². The molecule has 6 nitrogen and oxygen atoms in total. The Hall–Kier alpha value is -1.82. The van der Waals surface area contributed by atoms with E-state index in [1.807, 2.05) is 14.1 Å². The Balaban J connectivity index is 3.04. The van der Waals surface area contributed by atoms with Crippen molar-refractivity contribution >= 4 is 17.5 Å². The maximum Gasteiger partial charge on any atom is 0.215 e. The lowest BCUT2D eigenvalue weighted by Crippen LogP contribution is -2.45. The molecule has 1 aromatic rings. The van der Waals surface area contributed by atoms with Crippen LogP contribution in [0.5, 0.6) is 0 Å². The topological polar surface area (TPSA) is 83.8 Å². The van der Waals surface area contributed by atoms with Gasteiger partial charge in [-0.3, -0.25) is 4.99 Å². The number of nitrogens with two attached hydrogens (primary N) is 2. The minimum atomic E-state index is 0.378. The van der Waals surface area contributed by atoms with Crippen molar-refractivity contribution in [1.29, 1.82) is 0 Å². The van der Waals surface area contributed by atoms with Crippen LogP contribution in [0.25, 0.3) is 0 Å². The van der Waals surface area contributed by atoms with Crippen LogP contribution in [0.4, 0.5) is 11.5 Å². The molecule has 82 valence electrons. The molecular weight excluding hydrogens is 192 g/mol. The fourth-order valence-corrected chi connectivity index (χ4v) is 1.24. The van der Waals surface area contributed by atoms with Gasteiger partial charge in [-0.1, -0.05) is 0 Å². The number of pyridine rings is 1. The highest BCUT2D eigenvalue weighted by molar-refractivity contribution is 5.96. The molecule has 0 aromatic carbocycles. The molecule has 0 saturated heterocycles. The van der Waals surface area contributed by atoms with Gasteiger partial charge in [0, 0.05) is 27.3 Å². The molecule has 0 radical (unpaired) electrons. The first-order chi connectivity index (χ1) is 7.07. The predicted octanol–water partition coefficient (Wildman–Crippen LogP) is -0.109. The largest absolute Gasteiger partial charge is 0.382 e. The number of hydrazine groups is 1. The van der Waals surface area contributed by atoms with E-state index in [4.69, 9.17) is 11.6 Å². The molecule has 0 saturated carbocycles. The smallest absolute Gasteiger partial charge is 0.215 e. The summed E-state index contributed by atoms with van der Waals surface area (Å²) in [7, 11) is 5.38. The summed E-state index contributed by atoms with van der Waals surface area (Å²) in [6, 6.07) is 3.56. The number of aromatic nitrogens is 1. The second-order valence-corrected chi connectivity index (χ2v) is 3.20. The van der Waals surface area contributed by atoms with Crippen molar-refractivity contribution in [2.45, 2.75) is 0 Å². The van der Waals surface area contributed by atoms with E-state index in [0.29, 0.717) is 17.5 Å². The van der Waals surface area contributed by atoms with Gasteiger partial charge >= 0.3 is 0 Å². The third-order valence-corrected chi connectivity index (χ3v) is 1.89. The molecule has 0 atom stereocenters. The van der Waals surface area contributed by atoms with Crippen LogP contribution in [-0.2, 0) is 0 Å². The zero-order valence-corrected chi connectivity index (χ0v) is 9.18. The summed E-state index contributed by atoms with van der Waals surface area (Å²) >= 11 is 0. The summed E-state index contributed by atoms with van der Waals surface area (Å²) in [5, 5.41) is 1.41. The molecule has 0 aliphatic rings. The summed E-state index contributed by atoms with van der Waals surface area (Å²) in [4.78, 5) is 9.82. The fraction of sp³-hybridized carbons (Fsp3) is 0.333. The van der Waals surface area contributed by atoms with Gasteiger partial charge < -0.3 is 10.6 Å². The number of nitrogen functional groups attached to an aromatic ring is 1. The molecule has 1 heterocycles. The third kappa shape index (κ3) is 2.35. The minimum Gasteiger partial charge on any atom is -0.382 e. The van der Waals surface area contributed by atoms with E-state index in [9.17, 15) is 0 Å². The molecule has 0 bridgehead atoms. The van der Waals surface area contributed by atoms with Gasteiger partial charge in [-0.15, -0.1) is 0 Å². The molecule has 0 amide bonds. The van der Waals surface area contributed by atoms with Gasteiger partial charge in [-0.25, -0.2) is 15.8 Å². The maximum absolute atomic E-state index is 5.89. The number of aliphatic imine (C=N–C) groups is 1. The van der Waals surface area contributed by atoms with Crippen molar-refractivity contribution in [1.82, 2.24) is 9.88 Å². The standard InChI is InChI=1S/C9H16N6/c1-12-9(14(2)3)15(11)7-5-4-6-13-8(7)10/h4-6H,11H2,1-3H3,(H2,10,13). The van der Waals surface area contributed by atoms with Crippen LogP contribution in [-0.4, -0.2) is 37.0 Å². The first kappa shape index (κ1) is 11.3. The van der Waals surface area contributed by atoms with Crippen molar-refractivity contribution in [3.63, 3.8) is 0 Å². The van der Waals surface area contributed by atoms with E-state index in [1.54, 1.807) is 30.3 Å². The number of hydrogen-bond donors (Lipinski definition) is 2. The van der Waals surface area contributed by atoms with Gasteiger partial charge in [0.25, 0.3) is 0 Å². The average Bonchev–Trinajstić information content (AvgIpc) is 2.18. The van der Waals surface area contributed by atoms with E-state index in [2.05, 4.69) is 9.98 Å². The van der Waals surface area contributed by atoms with Gasteiger partial charge in [0.1, 0.15) is 11.5 Å². The van der Waals surface area contributed by atoms with Gasteiger partial charge in [0.15, 0.2) is 0 Å². The van der Waals surface area contributed by atoms with Crippen molar-refractivity contribution in [3.8, 4) is 0 Å². The Kier molecular flexibility index (Phi) is 3.46. The van der Waals surface area contributed by atoms with E-state index in [-0.39, 0.29) is 0 Å². The molecular formula is C9H16N6. The molecule has 0 aliphatic carbocycles. The lowest BCUT2D eigenvalue weighted by atomic mass is 10.4. The molecule has 4 N–H and O–H groups in total. The number of guanidine groups is 1. The van der Waals surface area contributed by atoms with E-state index >= 15 is 0 Å². The van der Waals surface area contributed by atoms with E-state index in [0.717, 1.165) is 0 Å². The summed E-state index contributed by atoms with van der Waals surface area (Å²) in [6.45, 7) is 0. The number of rotatable bonds is 1. The van der Waals surface area contributed by atoms with Crippen LogP contribution < -0.4 is 16.6 Å². The van der Waals surface area contributed by atoms with Crippen LogP contribution >= 0.6 is 0 Å². The van der Waals surface area contributed by atoms with Crippen molar-refractivity contribution in [2.75, 3.05) is 31.9 Å². The zero-order valence-electron chi connectivity index (χ0n) is 9.18. The maximum atomic E-state index is 5.89. The molecule has 15 heavy (non-hydrogen) atoms. The van der Waals surface area contributed by atoms with Crippen molar-refractivity contribution in [2.24, 2.45) is 10.8 Å². The lowest BCUT2D eigenvalue weighted by Gasteiger charge is -2.25. The monoisotopic (exact) mass is 208 g/mol. The number of hydrogen-bond acceptors (Lipinski definition) is 4. The van der Waals surface area contributed by atoms with Gasteiger partial charge in [0.05, 0.1) is 0 Å². The first-order valence-corrected chi connectivity index (χ1v) is 4.47. The normalized spacial score (nSPS) is 11.3. The highest BCUT2D eigenvalue weighted by Crippen LogP contribution is 2.17. The molecule has 1 aromatic heterocycles. The van der Waals surface area contributed by atoms with Crippen LogP contribution in [0.2, 0.25) is 0 Å². The second-order valence-electron chi connectivity index (χ2n) is 3.20. The Morgan fingerprint density at radius 3 is 2.60 bits per heavy atom. The van der Waals surface area contributed by atoms with Crippen molar-refractivity contribution < 1.29 is 0 Å². The van der Waals surface area contributed by atoms with Gasteiger partial charge in [0.2, 0.25) is 5.96 Å². The predicted molar refractivity (Wildman–Crippen MR) is 62.4 cm³/mol. The van der Waals surface area contributed by atoms with Gasteiger partial charge in [-0.2, -0.15) is 0 Å². The summed E-state index contributed by atoms with van der Waals surface area (Å²) in [5.41, 5.74) is 6.34. The van der Waals surface area contributed by atoms with Crippen LogP contribution in [0.3, 0.4) is 0 Å². The molecule has 0 fully saturated rings. The summed E-state index contributed by atoms with van der Waals surface area (Å²) in [5.74, 6) is 6.88. The quantitative estimate of drug-likeness (QED) is 0.291. The molecule has 0 spiro atoms. The van der Waals surface area contributed by atoms with Gasteiger partial charge in [-0.05, 0) is 12.1 Å². The molecule has 1 rings (SSSR count). The number of nitrogens with zero attached hydrogens (tertiary/aromatic N) is 4. The number of anilines is 2. The van der Waals surface area contributed by atoms with E-state index < -0.39 is 0 Å². The molecule has 6 heteroatoms. The van der Waals surface area contributed by atoms with Crippen LogP contribution in [0, 0.1) is 0 Å². The Bertz CT molecular complexity index is 359. The fourth-order valence-electron chi connectivity index (χ4n) is 1.24. The highest BCUT2D eigenvalue weighted by Gasteiger charge is 2.13. The SMILES string of the molecule is CN=C(N(C)C)N(N)c1cccnc1N. The highest BCUT2D eigenvalue weighted by atomic mass is 15.5. The molecule has 0 aliphatic heterocycles.